The quantitative estimate of drug-likeness (QED) is 0.767. The first-order chi connectivity index (χ1) is 8.21. The number of likely N-dealkylation sites (N-methyl/N-ethyl adjacent to an activating group) is 1. The number of amides is 1. The molecule has 1 rings (SSSR count). The Labute approximate surface area is 110 Å². The Morgan fingerprint density at radius 2 is 1.89 bits per heavy atom. The zero-order valence-electron chi connectivity index (χ0n) is 11.7. The van der Waals surface area contributed by atoms with E-state index in [1.165, 1.54) is 15.5 Å². The summed E-state index contributed by atoms with van der Waals surface area (Å²) in [6.07, 6.45) is 5.09. The van der Waals surface area contributed by atoms with Crippen LogP contribution in [-0.4, -0.2) is 56.5 Å². The van der Waals surface area contributed by atoms with Crippen LogP contribution in [0.3, 0.4) is 0 Å². The number of carbonyl (C=O) groups is 1. The average Bonchev–Trinajstić information content (AvgIpc) is 2.23. The van der Waals surface area contributed by atoms with E-state index in [-0.39, 0.29) is 18.5 Å². The van der Waals surface area contributed by atoms with Crippen LogP contribution in [0.15, 0.2) is 0 Å². The second kappa shape index (κ2) is 6.02. The fourth-order valence-corrected chi connectivity index (χ4v) is 3.53. The molecule has 2 atom stereocenters. The molecule has 1 aliphatic rings. The molecule has 106 valence electrons. The van der Waals surface area contributed by atoms with Gasteiger partial charge in [0.25, 0.3) is 0 Å². The summed E-state index contributed by atoms with van der Waals surface area (Å²) in [5.74, 6) is 0.362. The molecular formula is C12H24N2O3S. The van der Waals surface area contributed by atoms with Crippen LogP contribution in [0.1, 0.15) is 32.6 Å². The van der Waals surface area contributed by atoms with Crippen LogP contribution < -0.4 is 0 Å². The van der Waals surface area contributed by atoms with Gasteiger partial charge >= 0.3 is 0 Å². The van der Waals surface area contributed by atoms with E-state index in [1.807, 2.05) is 0 Å². The van der Waals surface area contributed by atoms with Crippen molar-refractivity contribution in [1.29, 1.82) is 0 Å². The van der Waals surface area contributed by atoms with E-state index in [9.17, 15) is 13.2 Å². The Bertz CT molecular complexity index is 392. The van der Waals surface area contributed by atoms with Gasteiger partial charge in [0.05, 0.1) is 12.8 Å². The molecule has 1 aliphatic carbocycles. The van der Waals surface area contributed by atoms with Crippen molar-refractivity contribution < 1.29 is 13.2 Å². The predicted octanol–water partition coefficient (Wildman–Crippen LogP) is 0.915. The van der Waals surface area contributed by atoms with E-state index in [0.717, 1.165) is 25.7 Å². The highest BCUT2D eigenvalue weighted by Gasteiger charge is 2.32. The third-order valence-corrected chi connectivity index (χ3v) is 4.81. The predicted molar refractivity (Wildman–Crippen MR) is 71.7 cm³/mol. The number of hydrogen-bond donors (Lipinski definition) is 0. The fraction of sp³-hybridized carbons (Fsp3) is 0.917. The van der Waals surface area contributed by atoms with Crippen LogP contribution >= 0.6 is 0 Å². The van der Waals surface area contributed by atoms with E-state index in [0.29, 0.717) is 5.92 Å². The molecule has 0 spiro atoms. The highest BCUT2D eigenvalue weighted by molar-refractivity contribution is 7.88. The van der Waals surface area contributed by atoms with Crippen molar-refractivity contribution in [1.82, 2.24) is 9.21 Å². The summed E-state index contributed by atoms with van der Waals surface area (Å²) in [6, 6.07) is -0.0207. The van der Waals surface area contributed by atoms with Gasteiger partial charge in [0.1, 0.15) is 0 Å². The van der Waals surface area contributed by atoms with E-state index in [1.54, 1.807) is 14.1 Å². The molecule has 1 amide bonds. The van der Waals surface area contributed by atoms with Crippen LogP contribution in [-0.2, 0) is 14.8 Å². The molecule has 1 fully saturated rings. The Morgan fingerprint density at radius 1 is 1.28 bits per heavy atom. The Morgan fingerprint density at radius 3 is 2.33 bits per heavy atom. The first-order valence-electron chi connectivity index (χ1n) is 6.38. The third-order valence-electron chi connectivity index (χ3n) is 3.53. The van der Waals surface area contributed by atoms with Crippen molar-refractivity contribution >= 4 is 15.9 Å². The maximum atomic E-state index is 11.9. The summed E-state index contributed by atoms with van der Waals surface area (Å²) in [6.45, 7) is 2.10. The molecule has 5 nitrogen and oxygen atoms in total. The lowest BCUT2D eigenvalue weighted by Gasteiger charge is -2.35. The summed E-state index contributed by atoms with van der Waals surface area (Å²) in [5, 5.41) is 0. The van der Waals surface area contributed by atoms with Gasteiger partial charge in [0.2, 0.25) is 15.9 Å². The van der Waals surface area contributed by atoms with Crippen molar-refractivity contribution in [3.05, 3.63) is 0 Å². The lowest BCUT2D eigenvalue weighted by Crippen LogP contribution is -2.47. The highest BCUT2D eigenvalue weighted by atomic mass is 32.2. The van der Waals surface area contributed by atoms with Gasteiger partial charge in [0, 0.05) is 20.1 Å². The standard InChI is InChI=1S/C12H24N2O3S/c1-10-6-5-7-11(8-10)14(18(4,16)17)9-12(15)13(2)3/h10-11H,5-9H2,1-4H3. The Hall–Kier alpha value is -0.620. The van der Waals surface area contributed by atoms with Crippen molar-refractivity contribution in [2.45, 2.75) is 38.6 Å². The van der Waals surface area contributed by atoms with Crippen LogP contribution in [0.4, 0.5) is 0 Å². The van der Waals surface area contributed by atoms with Crippen molar-refractivity contribution in [3.8, 4) is 0 Å². The van der Waals surface area contributed by atoms with Crippen LogP contribution in [0.25, 0.3) is 0 Å². The summed E-state index contributed by atoms with van der Waals surface area (Å²) >= 11 is 0. The first-order valence-corrected chi connectivity index (χ1v) is 8.23. The number of nitrogens with zero attached hydrogens (tertiary/aromatic N) is 2. The SMILES string of the molecule is CC1CCCC(N(CC(=O)N(C)C)S(C)(=O)=O)C1. The van der Waals surface area contributed by atoms with E-state index in [2.05, 4.69) is 6.92 Å². The van der Waals surface area contributed by atoms with Gasteiger partial charge in [-0.05, 0) is 18.8 Å². The smallest absolute Gasteiger partial charge is 0.237 e. The third kappa shape index (κ3) is 4.24. The number of carbonyl (C=O) groups excluding carboxylic acids is 1. The fourth-order valence-electron chi connectivity index (χ4n) is 2.46. The molecule has 0 heterocycles. The van der Waals surface area contributed by atoms with Gasteiger partial charge in [-0.2, -0.15) is 4.31 Å². The van der Waals surface area contributed by atoms with Gasteiger partial charge in [0.15, 0.2) is 0 Å². The molecule has 18 heavy (non-hydrogen) atoms. The van der Waals surface area contributed by atoms with Gasteiger partial charge in [-0.15, -0.1) is 0 Å². The largest absolute Gasteiger partial charge is 0.348 e. The Kier molecular flexibility index (Phi) is 5.16. The maximum absolute atomic E-state index is 11.9. The summed E-state index contributed by atoms with van der Waals surface area (Å²) in [7, 11) is -0.0405. The zero-order chi connectivity index (χ0) is 13.9. The van der Waals surface area contributed by atoms with Gasteiger partial charge in [-0.1, -0.05) is 19.8 Å². The summed E-state index contributed by atoms with van der Waals surface area (Å²) in [4.78, 5) is 13.2. The molecule has 0 aromatic rings. The lowest BCUT2D eigenvalue weighted by molar-refractivity contribution is -0.129. The summed E-state index contributed by atoms with van der Waals surface area (Å²) < 4.78 is 25.1. The average molecular weight is 276 g/mol. The molecule has 0 N–H and O–H groups in total. The van der Waals surface area contributed by atoms with Crippen LogP contribution in [0, 0.1) is 5.92 Å². The van der Waals surface area contributed by atoms with E-state index < -0.39 is 10.0 Å². The van der Waals surface area contributed by atoms with Crippen LogP contribution in [0.2, 0.25) is 0 Å². The van der Waals surface area contributed by atoms with Crippen molar-refractivity contribution in [2.75, 3.05) is 26.9 Å². The molecule has 0 saturated heterocycles. The zero-order valence-corrected chi connectivity index (χ0v) is 12.5. The van der Waals surface area contributed by atoms with E-state index in [4.69, 9.17) is 0 Å². The lowest BCUT2D eigenvalue weighted by atomic mass is 9.87. The molecule has 6 heteroatoms. The minimum absolute atomic E-state index is 0.0207. The minimum atomic E-state index is -3.33. The molecule has 0 radical (unpaired) electrons. The molecular weight excluding hydrogens is 252 g/mol. The number of rotatable bonds is 4. The molecule has 0 bridgehead atoms. The van der Waals surface area contributed by atoms with Crippen molar-refractivity contribution in [2.24, 2.45) is 5.92 Å². The van der Waals surface area contributed by atoms with Gasteiger partial charge in [-0.25, -0.2) is 8.42 Å². The van der Waals surface area contributed by atoms with Gasteiger partial charge < -0.3 is 4.90 Å². The van der Waals surface area contributed by atoms with Crippen LogP contribution in [0.5, 0.6) is 0 Å². The monoisotopic (exact) mass is 276 g/mol. The second-order valence-electron chi connectivity index (χ2n) is 5.52. The molecule has 0 aliphatic heterocycles. The number of hydrogen-bond acceptors (Lipinski definition) is 3. The topological polar surface area (TPSA) is 57.7 Å². The molecule has 1 saturated carbocycles. The molecule has 2 unspecified atom stereocenters. The second-order valence-corrected chi connectivity index (χ2v) is 7.46. The minimum Gasteiger partial charge on any atom is -0.348 e. The van der Waals surface area contributed by atoms with Crippen molar-refractivity contribution in [3.63, 3.8) is 0 Å². The van der Waals surface area contributed by atoms with Gasteiger partial charge in [-0.3, -0.25) is 4.79 Å². The first kappa shape index (κ1) is 15.4. The Balaban J connectivity index is 2.82. The molecule has 0 aromatic carbocycles. The highest BCUT2D eigenvalue weighted by Crippen LogP contribution is 2.28. The van der Waals surface area contributed by atoms with E-state index >= 15 is 0 Å². The normalized spacial score (nSPS) is 25.2. The maximum Gasteiger partial charge on any atom is 0.237 e. The number of sulfonamides is 1. The summed E-state index contributed by atoms with van der Waals surface area (Å²) in [5.41, 5.74) is 0. The molecule has 0 aromatic heterocycles.